The van der Waals surface area contributed by atoms with Crippen LogP contribution >= 0.6 is 45.9 Å². The van der Waals surface area contributed by atoms with Crippen LogP contribution in [0.15, 0.2) is 47.8 Å². The van der Waals surface area contributed by atoms with Gasteiger partial charge in [0.2, 0.25) is 0 Å². The molecule has 0 aliphatic rings. The Bertz CT molecular complexity index is 740. The Morgan fingerprint density at radius 1 is 1.05 bits per heavy atom. The van der Waals surface area contributed by atoms with Crippen molar-refractivity contribution >= 4 is 51.6 Å². The molecule has 1 atom stereocenters. The van der Waals surface area contributed by atoms with Gasteiger partial charge in [-0.05, 0) is 41.8 Å². The highest BCUT2D eigenvalue weighted by Gasteiger charge is 2.18. The van der Waals surface area contributed by atoms with Crippen molar-refractivity contribution in [2.75, 3.05) is 5.32 Å². The van der Waals surface area contributed by atoms with Crippen molar-refractivity contribution < 1.29 is 4.39 Å². The molecular weight excluding hydrogens is 348 g/mol. The van der Waals surface area contributed by atoms with Crippen LogP contribution in [-0.4, -0.2) is 0 Å². The van der Waals surface area contributed by atoms with Crippen LogP contribution < -0.4 is 5.32 Å². The molecule has 0 amide bonds. The molecule has 2 aromatic heterocycles. The minimum absolute atomic E-state index is 0.143. The summed E-state index contributed by atoms with van der Waals surface area (Å²) in [6.45, 7) is 0. The van der Waals surface area contributed by atoms with E-state index < -0.39 is 0 Å². The highest BCUT2D eigenvalue weighted by Crippen LogP contribution is 2.36. The first kappa shape index (κ1) is 14.9. The third-order valence-electron chi connectivity index (χ3n) is 2.93. The highest BCUT2D eigenvalue weighted by molar-refractivity contribution is 7.16. The number of benzene rings is 1. The molecule has 1 N–H and O–H groups in total. The zero-order chi connectivity index (χ0) is 14.8. The Morgan fingerprint density at radius 2 is 1.90 bits per heavy atom. The maximum Gasteiger partial charge on any atom is 0.146 e. The van der Waals surface area contributed by atoms with Crippen molar-refractivity contribution in [1.82, 2.24) is 0 Å². The van der Waals surface area contributed by atoms with Gasteiger partial charge in [0, 0.05) is 14.8 Å². The van der Waals surface area contributed by atoms with Gasteiger partial charge < -0.3 is 5.32 Å². The largest absolute Gasteiger partial charge is 0.370 e. The summed E-state index contributed by atoms with van der Waals surface area (Å²) in [4.78, 5) is 2.12. The lowest BCUT2D eigenvalue weighted by Crippen LogP contribution is -2.10. The van der Waals surface area contributed by atoms with E-state index in [4.69, 9.17) is 23.2 Å². The fourth-order valence-corrected chi connectivity index (χ4v) is 4.16. The molecule has 0 fully saturated rings. The van der Waals surface area contributed by atoms with E-state index in [2.05, 4.69) is 5.32 Å². The molecule has 3 rings (SSSR count). The molecule has 0 spiro atoms. The molecule has 1 aromatic carbocycles. The second kappa shape index (κ2) is 6.36. The van der Waals surface area contributed by atoms with Gasteiger partial charge in [0.05, 0.1) is 16.1 Å². The zero-order valence-corrected chi connectivity index (χ0v) is 13.8. The van der Waals surface area contributed by atoms with Crippen molar-refractivity contribution in [2.45, 2.75) is 6.04 Å². The number of rotatable bonds is 4. The monoisotopic (exact) mass is 357 g/mol. The summed E-state index contributed by atoms with van der Waals surface area (Å²) < 4.78 is 14.7. The van der Waals surface area contributed by atoms with Gasteiger partial charge in [0.1, 0.15) is 5.82 Å². The fourth-order valence-electron chi connectivity index (χ4n) is 1.99. The third-order valence-corrected chi connectivity index (χ3v) is 5.40. The van der Waals surface area contributed by atoms with E-state index in [-0.39, 0.29) is 11.9 Å². The molecule has 0 aliphatic heterocycles. The van der Waals surface area contributed by atoms with Gasteiger partial charge in [-0.1, -0.05) is 29.3 Å². The van der Waals surface area contributed by atoms with E-state index in [1.807, 2.05) is 29.6 Å². The highest BCUT2D eigenvalue weighted by atomic mass is 35.5. The number of thiophene rings is 2. The average molecular weight is 358 g/mol. The molecule has 1 unspecified atom stereocenters. The first-order valence-corrected chi connectivity index (χ1v) is 8.59. The van der Waals surface area contributed by atoms with Crippen molar-refractivity contribution in [3.05, 3.63) is 72.8 Å². The standard InChI is InChI=1S/C15H10Cl2FNS2/c16-9-3-4-10(18)11(8-9)19-15(12-2-1-7-20-12)13-5-6-14(17)21-13/h1-8,15,19H. The van der Waals surface area contributed by atoms with Gasteiger partial charge in [-0.25, -0.2) is 4.39 Å². The maximum atomic E-state index is 14.0. The van der Waals surface area contributed by atoms with E-state index in [1.165, 1.54) is 23.5 Å². The molecule has 0 aliphatic carbocycles. The summed E-state index contributed by atoms with van der Waals surface area (Å²) in [5.41, 5.74) is 0.380. The lowest BCUT2D eigenvalue weighted by molar-refractivity contribution is 0.629. The van der Waals surface area contributed by atoms with Gasteiger partial charge in [-0.2, -0.15) is 0 Å². The summed E-state index contributed by atoms with van der Waals surface area (Å²) in [7, 11) is 0. The van der Waals surface area contributed by atoms with Crippen LogP contribution in [0, 0.1) is 5.82 Å². The number of hydrogen-bond acceptors (Lipinski definition) is 3. The van der Waals surface area contributed by atoms with E-state index in [9.17, 15) is 4.39 Å². The topological polar surface area (TPSA) is 12.0 Å². The Hall–Kier alpha value is -1.07. The zero-order valence-electron chi connectivity index (χ0n) is 10.6. The maximum absolute atomic E-state index is 14.0. The summed E-state index contributed by atoms with van der Waals surface area (Å²) >= 11 is 15.1. The predicted octanol–water partition coefficient (Wildman–Crippen LogP) is 6.46. The summed E-state index contributed by atoms with van der Waals surface area (Å²) in [6, 6.07) is 12.1. The minimum atomic E-state index is -0.330. The number of hydrogen-bond donors (Lipinski definition) is 1. The fraction of sp³-hybridized carbons (Fsp3) is 0.0667. The van der Waals surface area contributed by atoms with Crippen molar-refractivity contribution in [3.8, 4) is 0 Å². The second-order valence-corrected chi connectivity index (χ2v) is 7.52. The molecule has 21 heavy (non-hydrogen) atoms. The van der Waals surface area contributed by atoms with Crippen LogP contribution in [0.5, 0.6) is 0 Å². The molecule has 2 heterocycles. The van der Waals surface area contributed by atoms with Gasteiger partial charge in [0.25, 0.3) is 0 Å². The average Bonchev–Trinajstić information content (AvgIpc) is 3.11. The van der Waals surface area contributed by atoms with E-state index >= 15 is 0 Å². The van der Waals surface area contributed by atoms with Gasteiger partial charge in [0.15, 0.2) is 0 Å². The van der Waals surface area contributed by atoms with Crippen LogP contribution in [0.4, 0.5) is 10.1 Å². The second-order valence-electron chi connectivity index (χ2n) is 4.36. The quantitative estimate of drug-likeness (QED) is 0.565. The first-order chi connectivity index (χ1) is 10.1. The van der Waals surface area contributed by atoms with E-state index in [0.717, 1.165) is 9.75 Å². The van der Waals surface area contributed by atoms with Crippen LogP contribution in [0.1, 0.15) is 15.8 Å². The number of halogens is 3. The molecule has 0 saturated heterocycles. The Kier molecular flexibility index (Phi) is 4.50. The third kappa shape index (κ3) is 3.40. The van der Waals surface area contributed by atoms with Crippen LogP contribution in [0.3, 0.4) is 0 Å². The lowest BCUT2D eigenvalue weighted by atomic mass is 10.2. The van der Waals surface area contributed by atoms with E-state index in [1.54, 1.807) is 17.4 Å². The van der Waals surface area contributed by atoms with Crippen LogP contribution in [0.25, 0.3) is 0 Å². The summed E-state index contributed by atoms with van der Waals surface area (Å²) in [5.74, 6) is -0.330. The Morgan fingerprint density at radius 3 is 2.57 bits per heavy atom. The van der Waals surface area contributed by atoms with Crippen molar-refractivity contribution in [1.29, 1.82) is 0 Å². The van der Waals surface area contributed by atoms with Crippen LogP contribution in [-0.2, 0) is 0 Å². The van der Waals surface area contributed by atoms with Gasteiger partial charge in [-0.3, -0.25) is 0 Å². The van der Waals surface area contributed by atoms with Gasteiger partial charge >= 0.3 is 0 Å². The number of anilines is 1. The molecule has 3 aromatic rings. The number of nitrogens with one attached hydrogen (secondary N) is 1. The first-order valence-electron chi connectivity index (χ1n) is 6.14. The molecular formula is C15H10Cl2FNS2. The molecule has 108 valence electrons. The van der Waals surface area contributed by atoms with Crippen molar-refractivity contribution in [2.24, 2.45) is 0 Å². The van der Waals surface area contributed by atoms with E-state index in [0.29, 0.717) is 15.0 Å². The normalized spacial score (nSPS) is 12.3. The summed E-state index contributed by atoms with van der Waals surface area (Å²) in [5, 5.41) is 5.71. The lowest BCUT2D eigenvalue weighted by Gasteiger charge is -2.18. The predicted molar refractivity (Wildman–Crippen MR) is 90.5 cm³/mol. The van der Waals surface area contributed by atoms with Crippen LogP contribution in [0.2, 0.25) is 9.36 Å². The summed E-state index contributed by atoms with van der Waals surface area (Å²) in [6.07, 6.45) is 0. The molecule has 0 saturated carbocycles. The minimum Gasteiger partial charge on any atom is -0.370 e. The Labute approximate surface area is 140 Å². The molecule has 6 heteroatoms. The molecule has 0 bridgehead atoms. The van der Waals surface area contributed by atoms with Gasteiger partial charge in [-0.15, -0.1) is 22.7 Å². The van der Waals surface area contributed by atoms with Crippen molar-refractivity contribution in [3.63, 3.8) is 0 Å². The molecule has 0 radical (unpaired) electrons. The smallest absolute Gasteiger partial charge is 0.146 e. The Balaban J connectivity index is 1.98. The molecule has 1 nitrogen and oxygen atoms in total. The SMILES string of the molecule is Fc1ccc(Cl)cc1NC(c1cccs1)c1ccc(Cl)s1.